The molecule has 0 spiro atoms. The molecule has 0 amide bonds. The second kappa shape index (κ2) is 3.54. The summed E-state index contributed by atoms with van der Waals surface area (Å²) in [5.41, 5.74) is 2.43. The van der Waals surface area contributed by atoms with Crippen LogP contribution in [0.4, 0.5) is 0 Å². The Morgan fingerprint density at radius 1 is 1.14 bits per heavy atom. The SMILES string of the molecule is C=c1ccc(=C2C=C[N-]C=C2C)cc1. The van der Waals surface area contributed by atoms with Crippen LogP contribution in [0.1, 0.15) is 6.92 Å². The predicted molar refractivity (Wildman–Crippen MR) is 60.9 cm³/mol. The van der Waals surface area contributed by atoms with Crippen LogP contribution in [0.3, 0.4) is 0 Å². The normalized spacial score (nSPS) is 14.9. The van der Waals surface area contributed by atoms with Crippen LogP contribution in [0.5, 0.6) is 0 Å². The van der Waals surface area contributed by atoms with Gasteiger partial charge < -0.3 is 5.32 Å². The third-order valence-electron chi connectivity index (χ3n) is 2.29. The third-order valence-corrected chi connectivity index (χ3v) is 2.29. The molecule has 1 heterocycles. The molecule has 1 heteroatoms. The van der Waals surface area contributed by atoms with Crippen molar-refractivity contribution in [1.82, 2.24) is 0 Å². The van der Waals surface area contributed by atoms with Gasteiger partial charge in [0.2, 0.25) is 0 Å². The van der Waals surface area contributed by atoms with Crippen molar-refractivity contribution in [2.24, 2.45) is 0 Å². The van der Waals surface area contributed by atoms with Crippen molar-refractivity contribution in [2.75, 3.05) is 0 Å². The van der Waals surface area contributed by atoms with Crippen molar-refractivity contribution < 1.29 is 0 Å². The van der Waals surface area contributed by atoms with Gasteiger partial charge in [-0.1, -0.05) is 42.5 Å². The maximum Gasteiger partial charge on any atom is -0.0182 e. The number of benzene rings is 1. The molecule has 0 saturated carbocycles. The Balaban J connectivity index is 2.64. The van der Waals surface area contributed by atoms with Crippen LogP contribution in [0.15, 0.2) is 48.3 Å². The van der Waals surface area contributed by atoms with E-state index >= 15 is 0 Å². The van der Waals surface area contributed by atoms with Gasteiger partial charge in [0.25, 0.3) is 0 Å². The maximum absolute atomic E-state index is 4.08. The number of allylic oxidation sites excluding steroid dienone is 2. The molecule has 0 atom stereocenters. The van der Waals surface area contributed by atoms with E-state index in [-0.39, 0.29) is 0 Å². The van der Waals surface area contributed by atoms with E-state index in [9.17, 15) is 0 Å². The lowest BCUT2D eigenvalue weighted by Gasteiger charge is -2.18. The van der Waals surface area contributed by atoms with Crippen LogP contribution in [-0.2, 0) is 0 Å². The predicted octanol–water partition coefficient (Wildman–Crippen LogP) is 2.05. The molecule has 0 saturated heterocycles. The highest BCUT2D eigenvalue weighted by molar-refractivity contribution is 5.74. The molecule has 1 aliphatic heterocycles. The van der Waals surface area contributed by atoms with Gasteiger partial charge in [0, 0.05) is 0 Å². The molecule has 70 valence electrons. The smallest absolute Gasteiger partial charge is 0.0182 e. The molecule has 0 radical (unpaired) electrons. The van der Waals surface area contributed by atoms with Crippen LogP contribution in [0.25, 0.3) is 17.5 Å². The molecule has 0 N–H and O–H groups in total. The quantitative estimate of drug-likeness (QED) is 0.583. The summed E-state index contributed by atoms with van der Waals surface area (Å²) in [6.45, 7) is 5.94. The van der Waals surface area contributed by atoms with E-state index in [1.807, 2.05) is 30.6 Å². The molecule has 0 bridgehead atoms. The van der Waals surface area contributed by atoms with E-state index in [1.54, 1.807) is 0 Å². The summed E-state index contributed by atoms with van der Waals surface area (Å²) >= 11 is 0. The van der Waals surface area contributed by atoms with Crippen molar-refractivity contribution in [3.8, 4) is 0 Å². The number of hydrogen-bond donors (Lipinski definition) is 0. The zero-order valence-corrected chi connectivity index (χ0v) is 8.20. The first-order chi connectivity index (χ1) is 6.77. The third kappa shape index (κ3) is 1.62. The van der Waals surface area contributed by atoms with Crippen LogP contribution in [0, 0.1) is 0 Å². The van der Waals surface area contributed by atoms with Crippen LogP contribution in [0.2, 0.25) is 0 Å². The summed E-state index contributed by atoms with van der Waals surface area (Å²) < 4.78 is 0. The van der Waals surface area contributed by atoms with Crippen LogP contribution >= 0.6 is 0 Å². The molecule has 1 nitrogen and oxygen atoms in total. The van der Waals surface area contributed by atoms with E-state index in [0.717, 1.165) is 5.22 Å². The zero-order valence-electron chi connectivity index (χ0n) is 8.20. The van der Waals surface area contributed by atoms with Crippen molar-refractivity contribution in [3.63, 3.8) is 0 Å². The first-order valence-electron chi connectivity index (χ1n) is 4.60. The number of hydrogen-bond acceptors (Lipinski definition) is 0. The fourth-order valence-corrected chi connectivity index (χ4v) is 1.48. The fourth-order valence-electron chi connectivity index (χ4n) is 1.48. The summed E-state index contributed by atoms with van der Waals surface area (Å²) in [5.74, 6) is 0. The lowest BCUT2D eigenvalue weighted by atomic mass is 10.0. The summed E-state index contributed by atoms with van der Waals surface area (Å²) in [5, 5.41) is 6.34. The van der Waals surface area contributed by atoms with Crippen molar-refractivity contribution >= 4 is 12.2 Å². The van der Waals surface area contributed by atoms with Gasteiger partial charge in [0.1, 0.15) is 0 Å². The molecule has 0 aromatic heterocycles. The minimum absolute atomic E-state index is 1.04. The Morgan fingerprint density at radius 3 is 2.50 bits per heavy atom. The van der Waals surface area contributed by atoms with E-state index in [2.05, 4.69) is 31.0 Å². The maximum atomic E-state index is 4.08. The summed E-state index contributed by atoms with van der Waals surface area (Å²) in [4.78, 5) is 0. The molecule has 1 aromatic carbocycles. The molecular formula is C13H12N-. The van der Waals surface area contributed by atoms with E-state index in [0.29, 0.717) is 0 Å². The van der Waals surface area contributed by atoms with E-state index < -0.39 is 0 Å². The largest absolute Gasteiger partial charge is 0.670 e. The van der Waals surface area contributed by atoms with Gasteiger partial charge in [-0.05, 0) is 22.9 Å². The Hall–Kier alpha value is -1.76. The Kier molecular flexibility index (Phi) is 2.23. The standard InChI is InChI=1S/C13H12N/c1-10-3-5-12(6-4-10)13-7-8-14-9-11(13)2/h3-9H,1H2,2H3/q-1. The van der Waals surface area contributed by atoms with Gasteiger partial charge in [-0.15, -0.1) is 0 Å². The lowest BCUT2D eigenvalue weighted by Crippen LogP contribution is -2.09. The number of rotatable bonds is 0. The van der Waals surface area contributed by atoms with E-state index in [1.165, 1.54) is 16.4 Å². The molecule has 14 heavy (non-hydrogen) atoms. The summed E-state index contributed by atoms with van der Waals surface area (Å²) in [6.07, 6.45) is 5.74. The fraction of sp³-hybridized carbons (Fsp3) is 0.0769. The van der Waals surface area contributed by atoms with Crippen molar-refractivity contribution in [1.29, 1.82) is 0 Å². The molecule has 0 aliphatic carbocycles. The number of nitrogens with zero attached hydrogens (tertiary/aromatic N) is 1. The van der Waals surface area contributed by atoms with Gasteiger partial charge in [-0.25, -0.2) is 0 Å². The first-order valence-corrected chi connectivity index (χ1v) is 4.60. The molecular weight excluding hydrogens is 170 g/mol. The van der Waals surface area contributed by atoms with Gasteiger partial charge in [0.05, 0.1) is 0 Å². The average molecular weight is 182 g/mol. The first kappa shape index (κ1) is 8.82. The molecule has 2 rings (SSSR count). The second-order valence-electron chi connectivity index (χ2n) is 3.39. The minimum Gasteiger partial charge on any atom is -0.670 e. The molecule has 1 aromatic rings. The average Bonchev–Trinajstić information content (AvgIpc) is 2.20. The minimum atomic E-state index is 1.04. The molecule has 1 aliphatic rings. The highest BCUT2D eigenvalue weighted by Gasteiger charge is 1.95. The molecule has 0 unspecified atom stereocenters. The van der Waals surface area contributed by atoms with Gasteiger partial charge in [-0.3, -0.25) is 0 Å². The Bertz CT molecular complexity index is 483. The topological polar surface area (TPSA) is 14.1 Å². The highest BCUT2D eigenvalue weighted by atomic mass is 14.8. The second-order valence-corrected chi connectivity index (χ2v) is 3.39. The van der Waals surface area contributed by atoms with Crippen molar-refractivity contribution in [2.45, 2.75) is 6.92 Å². The Labute approximate surface area is 83.8 Å². The monoisotopic (exact) mass is 182 g/mol. The zero-order chi connectivity index (χ0) is 9.97. The Morgan fingerprint density at radius 2 is 1.86 bits per heavy atom. The van der Waals surface area contributed by atoms with Crippen LogP contribution in [-0.4, -0.2) is 0 Å². The molecule has 0 fully saturated rings. The van der Waals surface area contributed by atoms with Crippen LogP contribution < -0.4 is 10.4 Å². The lowest BCUT2D eigenvalue weighted by molar-refractivity contribution is 1.44. The van der Waals surface area contributed by atoms with E-state index in [4.69, 9.17) is 0 Å². The summed E-state index contributed by atoms with van der Waals surface area (Å²) in [7, 11) is 0. The summed E-state index contributed by atoms with van der Waals surface area (Å²) in [6, 6.07) is 8.22. The van der Waals surface area contributed by atoms with Gasteiger partial charge in [-0.2, -0.15) is 12.4 Å². The highest BCUT2D eigenvalue weighted by Crippen LogP contribution is 2.17. The van der Waals surface area contributed by atoms with Gasteiger partial charge >= 0.3 is 0 Å². The van der Waals surface area contributed by atoms with Crippen molar-refractivity contribution in [3.05, 3.63) is 64.1 Å². The van der Waals surface area contributed by atoms with Gasteiger partial charge in [0.15, 0.2) is 0 Å².